The Kier molecular flexibility index (Phi) is 7.38. The Bertz CT molecular complexity index is 1220. The minimum atomic E-state index is -0.614. The highest BCUT2D eigenvalue weighted by molar-refractivity contribution is 7.14. The van der Waals surface area contributed by atoms with E-state index < -0.39 is 11.2 Å². The first kappa shape index (κ1) is 24.0. The van der Waals surface area contributed by atoms with Gasteiger partial charge in [0.05, 0.1) is 5.56 Å². The zero-order valence-corrected chi connectivity index (χ0v) is 20.0. The Morgan fingerprint density at radius 3 is 2.47 bits per heavy atom. The number of amides is 1. The fraction of sp³-hybridized carbons (Fsp3) is 0.417. The van der Waals surface area contributed by atoms with Gasteiger partial charge in [0.15, 0.2) is 16.5 Å². The predicted octanol–water partition coefficient (Wildman–Crippen LogP) is 3.46. The van der Waals surface area contributed by atoms with Crippen LogP contribution in [0, 0.1) is 5.82 Å². The number of pyridine rings is 1. The van der Waals surface area contributed by atoms with E-state index in [-0.39, 0.29) is 29.0 Å². The van der Waals surface area contributed by atoms with Gasteiger partial charge in [0.2, 0.25) is 5.43 Å². The molecule has 2 aromatic heterocycles. The highest BCUT2D eigenvalue weighted by atomic mass is 32.1. The largest absolute Gasteiger partial charge is 0.503 e. The summed E-state index contributed by atoms with van der Waals surface area (Å²) in [6, 6.07) is 6.32. The third-order valence-corrected chi connectivity index (χ3v) is 6.99. The lowest BCUT2D eigenvalue weighted by Gasteiger charge is -2.34. The molecule has 5 rings (SSSR count). The van der Waals surface area contributed by atoms with E-state index in [4.69, 9.17) is 0 Å². The van der Waals surface area contributed by atoms with E-state index in [1.54, 1.807) is 42.0 Å². The molecule has 1 aliphatic carbocycles. The van der Waals surface area contributed by atoms with E-state index in [0.29, 0.717) is 29.5 Å². The highest BCUT2D eigenvalue weighted by Crippen LogP contribution is 2.31. The van der Waals surface area contributed by atoms with E-state index in [9.17, 15) is 19.1 Å². The Morgan fingerprint density at radius 1 is 1.12 bits per heavy atom. The monoisotopic (exact) mass is 486 g/mol. The fourth-order valence-electron chi connectivity index (χ4n) is 4.43. The van der Waals surface area contributed by atoms with Gasteiger partial charge in [-0.3, -0.25) is 9.59 Å². The van der Waals surface area contributed by atoms with Crippen molar-refractivity contribution in [2.45, 2.75) is 44.7 Å². The fourth-order valence-corrected chi connectivity index (χ4v) is 5.31. The average Bonchev–Trinajstić information content (AvgIpc) is 3.51. The number of nitrogens with zero attached hydrogens (tertiary/aromatic N) is 4. The van der Waals surface area contributed by atoms with Gasteiger partial charge in [-0.1, -0.05) is 36.3 Å². The number of hydrogen-bond acceptors (Lipinski definition) is 7. The Labute approximate surface area is 200 Å². The molecule has 1 aromatic carbocycles. The number of fused-ring (bicyclic) bond motifs is 1. The van der Waals surface area contributed by atoms with Crippen molar-refractivity contribution in [2.75, 3.05) is 20.8 Å². The van der Waals surface area contributed by atoms with Crippen LogP contribution in [0.4, 0.5) is 4.39 Å². The van der Waals surface area contributed by atoms with Crippen LogP contribution in [0.2, 0.25) is 0 Å². The number of halogens is 1. The number of ether oxygens (including phenoxy) is 1. The summed E-state index contributed by atoms with van der Waals surface area (Å²) in [6.07, 6.45) is 6.20. The van der Waals surface area contributed by atoms with Crippen LogP contribution < -0.4 is 5.43 Å². The average molecular weight is 487 g/mol. The van der Waals surface area contributed by atoms with Crippen LogP contribution in [-0.4, -0.2) is 57.5 Å². The summed E-state index contributed by atoms with van der Waals surface area (Å²) < 4.78 is 19.0. The zero-order chi connectivity index (χ0) is 24.2. The molecule has 0 bridgehead atoms. The van der Waals surface area contributed by atoms with E-state index >= 15 is 0 Å². The van der Waals surface area contributed by atoms with Crippen molar-refractivity contribution >= 4 is 17.2 Å². The van der Waals surface area contributed by atoms with Gasteiger partial charge < -0.3 is 19.3 Å². The number of aromatic hydroxyl groups is 1. The summed E-state index contributed by atoms with van der Waals surface area (Å²) in [5.41, 5.74) is 0.554. The van der Waals surface area contributed by atoms with E-state index in [1.807, 2.05) is 0 Å². The molecule has 1 aliphatic heterocycles. The van der Waals surface area contributed by atoms with Crippen molar-refractivity contribution in [2.24, 2.45) is 0 Å². The second-order valence-electron chi connectivity index (χ2n) is 8.41. The predicted molar refractivity (Wildman–Crippen MR) is 127 cm³/mol. The number of carbonyl (C=O) groups is 1. The first-order valence-corrected chi connectivity index (χ1v) is 12.0. The quantitative estimate of drug-likeness (QED) is 0.607. The second-order valence-corrected chi connectivity index (χ2v) is 9.47. The first-order chi connectivity index (χ1) is 16.4. The van der Waals surface area contributed by atoms with Crippen LogP contribution in [-0.2, 0) is 17.7 Å². The maximum atomic E-state index is 13.1. The van der Waals surface area contributed by atoms with Gasteiger partial charge in [0, 0.05) is 46.0 Å². The normalized spacial score (nSPS) is 15.7. The topological polar surface area (TPSA) is 97.5 Å². The number of aromatic nitrogens is 3. The molecular weight excluding hydrogens is 459 g/mol. The van der Waals surface area contributed by atoms with Crippen LogP contribution in [0.3, 0.4) is 0 Å². The Morgan fingerprint density at radius 2 is 1.79 bits per heavy atom. The van der Waals surface area contributed by atoms with Gasteiger partial charge in [-0.05, 0) is 30.5 Å². The molecule has 8 nitrogen and oxygen atoms in total. The van der Waals surface area contributed by atoms with Crippen molar-refractivity contribution in [1.29, 1.82) is 0 Å². The van der Waals surface area contributed by atoms with Gasteiger partial charge in [-0.25, -0.2) is 4.39 Å². The molecule has 2 aliphatic rings. The molecule has 0 unspecified atom stereocenters. The number of methoxy groups -OCH3 is 1. The van der Waals surface area contributed by atoms with Crippen LogP contribution in [0.1, 0.15) is 46.7 Å². The van der Waals surface area contributed by atoms with Crippen molar-refractivity contribution < 1.29 is 19.0 Å². The minimum absolute atomic E-state index is 0.0583. The van der Waals surface area contributed by atoms with Crippen molar-refractivity contribution in [3.05, 3.63) is 62.8 Å². The lowest BCUT2D eigenvalue weighted by molar-refractivity contribution is 0.0615. The molecule has 0 atom stereocenters. The maximum Gasteiger partial charge on any atom is 0.274 e. The summed E-state index contributed by atoms with van der Waals surface area (Å²) in [4.78, 5) is 27.7. The molecule has 1 fully saturated rings. The van der Waals surface area contributed by atoms with Gasteiger partial charge in [0.1, 0.15) is 10.8 Å². The molecule has 180 valence electrons. The van der Waals surface area contributed by atoms with Gasteiger partial charge in [-0.2, -0.15) is 0 Å². The first-order valence-electron chi connectivity index (χ1n) is 11.2. The number of carbonyl (C=O) groups excluding carboxylic acids is 1. The molecule has 10 heteroatoms. The number of benzene rings is 1. The molecule has 1 saturated carbocycles. The molecule has 1 N–H and O–H groups in total. The SMILES string of the molecule is COC.O=C1c2c(O)c(=O)c(-c3nnc(Cc4ccc(F)cc4)s3)cn2CCN1C1CCCC1. The highest BCUT2D eigenvalue weighted by Gasteiger charge is 2.35. The number of rotatable bonds is 4. The van der Waals surface area contributed by atoms with E-state index in [2.05, 4.69) is 14.9 Å². The molecule has 0 saturated heterocycles. The summed E-state index contributed by atoms with van der Waals surface area (Å²) >= 11 is 1.24. The minimum Gasteiger partial charge on any atom is -0.503 e. The van der Waals surface area contributed by atoms with Crippen LogP contribution in [0.5, 0.6) is 5.75 Å². The van der Waals surface area contributed by atoms with Crippen molar-refractivity contribution in [1.82, 2.24) is 19.7 Å². The van der Waals surface area contributed by atoms with Crippen LogP contribution in [0.15, 0.2) is 35.3 Å². The van der Waals surface area contributed by atoms with E-state index in [1.165, 1.54) is 23.5 Å². The summed E-state index contributed by atoms with van der Waals surface area (Å²) in [5.74, 6) is -1.12. The summed E-state index contributed by atoms with van der Waals surface area (Å²) in [5, 5.41) is 19.9. The molecular formula is C24H27FN4O4S. The molecule has 0 spiro atoms. The van der Waals surface area contributed by atoms with Gasteiger partial charge in [-0.15, -0.1) is 10.2 Å². The van der Waals surface area contributed by atoms with Crippen LogP contribution >= 0.6 is 11.3 Å². The second kappa shape index (κ2) is 10.4. The molecule has 3 aromatic rings. The molecule has 1 amide bonds. The summed E-state index contributed by atoms with van der Waals surface area (Å²) in [6.45, 7) is 1.07. The van der Waals surface area contributed by atoms with Crippen molar-refractivity contribution in [3.8, 4) is 16.3 Å². The Balaban J connectivity index is 0.000000868. The smallest absolute Gasteiger partial charge is 0.274 e. The maximum absolute atomic E-state index is 13.1. The standard InChI is InChI=1S/C22H21FN4O3S.C2H6O/c23-14-7-5-13(6-8-14)11-17-24-25-21(31-17)16-12-26-9-10-27(15-3-1-2-4-15)22(30)18(26)20(29)19(16)28;1-3-2/h5-8,12,15,29H,1-4,9-11H2;1-2H3. The van der Waals surface area contributed by atoms with Crippen LogP contribution in [0.25, 0.3) is 10.6 Å². The van der Waals surface area contributed by atoms with Gasteiger partial charge in [0.25, 0.3) is 5.91 Å². The zero-order valence-electron chi connectivity index (χ0n) is 19.2. The summed E-state index contributed by atoms with van der Waals surface area (Å²) in [7, 11) is 3.25. The Hall–Kier alpha value is -3.11. The lowest BCUT2D eigenvalue weighted by Crippen LogP contribution is -2.46. The van der Waals surface area contributed by atoms with Gasteiger partial charge >= 0.3 is 0 Å². The van der Waals surface area contributed by atoms with E-state index in [0.717, 1.165) is 31.2 Å². The lowest BCUT2D eigenvalue weighted by atomic mass is 10.1. The molecule has 34 heavy (non-hydrogen) atoms. The third-order valence-electron chi connectivity index (χ3n) is 6.03. The third kappa shape index (κ3) is 4.88. The van der Waals surface area contributed by atoms with Crippen molar-refractivity contribution in [3.63, 3.8) is 0 Å². The number of hydrogen-bond donors (Lipinski definition) is 1. The molecule has 3 heterocycles. The molecule has 0 radical (unpaired) electrons.